The van der Waals surface area contributed by atoms with Gasteiger partial charge in [-0.25, -0.2) is 0 Å². The van der Waals surface area contributed by atoms with Crippen LogP contribution in [0.15, 0.2) is 0 Å². The first kappa shape index (κ1) is 14.7. The molecule has 0 radical (unpaired) electrons. The first-order valence-corrected chi connectivity index (χ1v) is 6.96. The quantitative estimate of drug-likeness (QED) is 0.641. The molecule has 0 saturated heterocycles. The van der Waals surface area contributed by atoms with Gasteiger partial charge in [0.15, 0.2) is 0 Å². The van der Waals surface area contributed by atoms with Gasteiger partial charge >= 0.3 is 0 Å². The second-order valence-electron chi connectivity index (χ2n) is 5.17. The number of rotatable bonds is 7. The SMILES string of the molecule is CCOCCN(C)CC1CC(CC)CCC1=O. The average molecular weight is 241 g/mol. The van der Waals surface area contributed by atoms with Crippen molar-refractivity contribution in [3.05, 3.63) is 0 Å². The number of Topliss-reactive ketones (excluding diaryl/α,β-unsaturated/α-hetero) is 1. The van der Waals surface area contributed by atoms with E-state index in [0.717, 1.165) is 51.5 Å². The molecule has 0 aromatic carbocycles. The van der Waals surface area contributed by atoms with Crippen molar-refractivity contribution in [1.82, 2.24) is 4.90 Å². The van der Waals surface area contributed by atoms with E-state index in [0.29, 0.717) is 5.78 Å². The lowest BCUT2D eigenvalue weighted by atomic mass is 9.79. The highest BCUT2D eigenvalue weighted by Crippen LogP contribution is 2.28. The third kappa shape index (κ3) is 5.17. The van der Waals surface area contributed by atoms with Crippen LogP contribution in [0.3, 0.4) is 0 Å². The fraction of sp³-hybridized carbons (Fsp3) is 0.929. The molecule has 3 heteroatoms. The van der Waals surface area contributed by atoms with Crippen LogP contribution in [0.4, 0.5) is 0 Å². The largest absolute Gasteiger partial charge is 0.380 e. The van der Waals surface area contributed by atoms with Crippen molar-refractivity contribution in [2.45, 2.75) is 39.5 Å². The highest BCUT2D eigenvalue weighted by Gasteiger charge is 2.28. The van der Waals surface area contributed by atoms with Gasteiger partial charge in [-0.05, 0) is 32.7 Å². The van der Waals surface area contributed by atoms with Gasteiger partial charge in [-0.2, -0.15) is 0 Å². The zero-order chi connectivity index (χ0) is 12.7. The Kier molecular flexibility index (Phi) is 6.75. The molecule has 17 heavy (non-hydrogen) atoms. The van der Waals surface area contributed by atoms with Crippen LogP contribution in [0.2, 0.25) is 0 Å². The standard InChI is InChI=1S/C14H27NO2/c1-4-12-6-7-14(16)13(10-12)11-15(3)8-9-17-5-2/h12-13H,4-11H2,1-3H3. The van der Waals surface area contributed by atoms with Crippen molar-refractivity contribution in [3.63, 3.8) is 0 Å². The molecule has 1 aliphatic rings. The Morgan fingerprint density at radius 2 is 2.18 bits per heavy atom. The second-order valence-corrected chi connectivity index (χ2v) is 5.17. The maximum absolute atomic E-state index is 11.9. The molecule has 2 unspecified atom stereocenters. The molecule has 100 valence electrons. The van der Waals surface area contributed by atoms with Crippen LogP contribution in [0.5, 0.6) is 0 Å². The molecule has 0 spiro atoms. The number of nitrogens with zero attached hydrogens (tertiary/aromatic N) is 1. The van der Waals surface area contributed by atoms with Crippen molar-refractivity contribution >= 4 is 5.78 Å². The molecule has 0 N–H and O–H groups in total. The molecule has 1 saturated carbocycles. The van der Waals surface area contributed by atoms with E-state index in [1.807, 2.05) is 6.92 Å². The summed E-state index contributed by atoms with van der Waals surface area (Å²) in [4.78, 5) is 14.1. The number of likely N-dealkylation sites (N-methyl/N-ethyl adjacent to an activating group) is 1. The van der Waals surface area contributed by atoms with Crippen molar-refractivity contribution in [1.29, 1.82) is 0 Å². The molecule has 1 aliphatic carbocycles. The Bertz CT molecular complexity index is 230. The highest BCUT2D eigenvalue weighted by atomic mass is 16.5. The van der Waals surface area contributed by atoms with Crippen molar-refractivity contribution in [2.75, 3.05) is 33.4 Å². The summed E-state index contributed by atoms with van der Waals surface area (Å²) in [5.41, 5.74) is 0. The van der Waals surface area contributed by atoms with Gasteiger partial charge in [-0.15, -0.1) is 0 Å². The van der Waals surface area contributed by atoms with Crippen LogP contribution in [0.1, 0.15) is 39.5 Å². The van der Waals surface area contributed by atoms with Gasteiger partial charge in [0.05, 0.1) is 6.61 Å². The van der Waals surface area contributed by atoms with E-state index in [1.165, 1.54) is 6.42 Å². The fourth-order valence-electron chi connectivity index (χ4n) is 2.58. The molecule has 0 bridgehead atoms. The smallest absolute Gasteiger partial charge is 0.137 e. The first-order chi connectivity index (χ1) is 8.17. The van der Waals surface area contributed by atoms with Crippen LogP contribution in [-0.4, -0.2) is 44.0 Å². The topological polar surface area (TPSA) is 29.5 Å². The Morgan fingerprint density at radius 1 is 1.41 bits per heavy atom. The summed E-state index contributed by atoms with van der Waals surface area (Å²) in [7, 11) is 2.09. The van der Waals surface area contributed by atoms with Gasteiger partial charge in [0.25, 0.3) is 0 Å². The zero-order valence-corrected chi connectivity index (χ0v) is 11.6. The van der Waals surface area contributed by atoms with Crippen molar-refractivity contribution in [2.24, 2.45) is 11.8 Å². The van der Waals surface area contributed by atoms with E-state index >= 15 is 0 Å². The van der Waals surface area contributed by atoms with Gasteiger partial charge < -0.3 is 9.64 Å². The number of ether oxygens (including phenoxy) is 1. The molecule has 0 amide bonds. The van der Waals surface area contributed by atoms with E-state index in [1.54, 1.807) is 0 Å². The van der Waals surface area contributed by atoms with E-state index in [-0.39, 0.29) is 5.92 Å². The maximum atomic E-state index is 11.9. The van der Waals surface area contributed by atoms with E-state index in [4.69, 9.17) is 4.74 Å². The Morgan fingerprint density at radius 3 is 2.82 bits per heavy atom. The highest BCUT2D eigenvalue weighted by molar-refractivity contribution is 5.81. The predicted molar refractivity (Wildman–Crippen MR) is 70.1 cm³/mol. The Labute approximate surface area is 106 Å². The molecule has 3 nitrogen and oxygen atoms in total. The second kappa shape index (κ2) is 7.83. The minimum Gasteiger partial charge on any atom is -0.380 e. The summed E-state index contributed by atoms with van der Waals surface area (Å²) in [6.07, 6.45) is 4.21. The van der Waals surface area contributed by atoms with Gasteiger partial charge in [0, 0.05) is 32.0 Å². The Hall–Kier alpha value is -0.410. The molecular formula is C14H27NO2. The summed E-state index contributed by atoms with van der Waals surface area (Å²) < 4.78 is 5.34. The van der Waals surface area contributed by atoms with Gasteiger partial charge in [0.1, 0.15) is 5.78 Å². The van der Waals surface area contributed by atoms with Crippen LogP contribution >= 0.6 is 0 Å². The summed E-state index contributed by atoms with van der Waals surface area (Å²) in [6.45, 7) is 7.61. The minimum absolute atomic E-state index is 0.264. The lowest BCUT2D eigenvalue weighted by Gasteiger charge is -2.30. The van der Waals surface area contributed by atoms with E-state index in [2.05, 4.69) is 18.9 Å². The molecule has 0 heterocycles. The van der Waals surface area contributed by atoms with Crippen LogP contribution in [-0.2, 0) is 9.53 Å². The normalized spacial score (nSPS) is 25.5. The summed E-state index contributed by atoms with van der Waals surface area (Å²) in [5.74, 6) is 1.50. The third-order valence-electron chi connectivity index (χ3n) is 3.80. The molecule has 1 rings (SSSR count). The summed E-state index contributed by atoms with van der Waals surface area (Å²) >= 11 is 0. The molecule has 0 aliphatic heterocycles. The summed E-state index contributed by atoms with van der Waals surface area (Å²) in [5, 5.41) is 0. The number of hydrogen-bond acceptors (Lipinski definition) is 3. The number of ketones is 1. The van der Waals surface area contributed by atoms with Crippen molar-refractivity contribution in [3.8, 4) is 0 Å². The van der Waals surface area contributed by atoms with Crippen LogP contribution < -0.4 is 0 Å². The van der Waals surface area contributed by atoms with Gasteiger partial charge in [-0.3, -0.25) is 4.79 Å². The van der Waals surface area contributed by atoms with Gasteiger partial charge in [0.2, 0.25) is 0 Å². The van der Waals surface area contributed by atoms with E-state index in [9.17, 15) is 4.79 Å². The summed E-state index contributed by atoms with van der Waals surface area (Å²) in [6, 6.07) is 0. The van der Waals surface area contributed by atoms with Crippen LogP contribution in [0, 0.1) is 11.8 Å². The minimum atomic E-state index is 0.264. The number of carbonyl (C=O) groups is 1. The number of hydrogen-bond donors (Lipinski definition) is 0. The monoisotopic (exact) mass is 241 g/mol. The third-order valence-corrected chi connectivity index (χ3v) is 3.80. The molecular weight excluding hydrogens is 214 g/mol. The average Bonchev–Trinajstić information content (AvgIpc) is 2.32. The number of carbonyl (C=O) groups excluding carboxylic acids is 1. The Balaban J connectivity index is 2.29. The lowest BCUT2D eigenvalue weighted by molar-refractivity contribution is -0.126. The molecule has 0 aromatic rings. The van der Waals surface area contributed by atoms with Crippen molar-refractivity contribution < 1.29 is 9.53 Å². The molecule has 1 fully saturated rings. The first-order valence-electron chi connectivity index (χ1n) is 6.96. The lowest BCUT2D eigenvalue weighted by Crippen LogP contribution is -2.36. The van der Waals surface area contributed by atoms with Crippen LogP contribution in [0.25, 0.3) is 0 Å². The zero-order valence-electron chi connectivity index (χ0n) is 11.6. The molecule has 2 atom stereocenters. The maximum Gasteiger partial charge on any atom is 0.137 e. The predicted octanol–water partition coefficient (Wildman–Crippen LogP) is 2.35. The fourth-order valence-corrected chi connectivity index (χ4v) is 2.58. The molecule has 0 aromatic heterocycles. The van der Waals surface area contributed by atoms with Gasteiger partial charge in [-0.1, -0.05) is 13.3 Å². The van der Waals surface area contributed by atoms with E-state index < -0.39 is 0 Å².